The Hall–Kier alpha value is -3.80. The molecule has 0 aliphatic heterocycles. The quantitative estimate of drug-likeness (QED) is 0.544. The van der Waals surface area contributed by atoms with Gasteiger partial charge in [0.05, 0.1) is 19.8 Å². The van der Waals surface area contributed by atoms with E-state index in [0.29, 0.717) is 28.6 Å². The number of pyridine rings is 1. The molecule has 2 aromatic heterocycles. The molecule has 1 amide bonds. The Kier molecular flexibility index (Phi) is 4.91. The minimum Gasteiger partial charge on any atom is -0.493 e. The van der Waals surface area contributed by atoms with Crippen LogP contribution in [0.5, 0.6) is 11.5 Å². The molecule has 2 aromatic carbocycles. The molecule has 29 heavy (non-hydrogen) atoms. The monoisotopic (exact) mass is 387 g/mol. The smallest absolute Gasteiger partial charge is 0.260 e. The highest BCUT2D eigenvalue weighted by Crippen LogP contribution is 2.33. The van der Waals surface area contributed by atoms with E-state index in [1.165, 1.54) is 7.11 Å². The van der Waals surface area contributed by atoms with Crippen molar-refractivity contribution in [1.82, 2.24) is 9.38 Å². The number of ether oxygens (including phenoxy) is 2. The number of aryl methyl sites for hydroxylation is 1. The lowest BCUT2D eigenvalue weighted by Gasteiger charge is -2.13. The molecule has 0 aliphatic rings. The average molecular weight is 387 g/mol. The number of imidazole rings is 1. The van der Waals surface area contributed by atoms with E-state index in [-0.39, 0.29) is 5.91 Å². The van der Waals surface area contributed by atoms with Crippen molar-refractivity contribution in [3.63, 3.8) is 0 Å². The highest BCUT2D eigenvalue weighted by Gasteiger charge is 2.21. The Morgan fingerprint density at radius 2 is 1.79 bits per heavy atom. The van der Waals surface area contributed by atoms with Gasteiger partial charge in [0.25, 0.3) is 5.91 Å². The largest absolute Gasteiger partial charge is 0.493 e. The minimum absolute atomic E-state index is 0.305. The number of benzene rings is 2. The van der Waals surface area contributed by atoms with Gasteiger partial charge in [0.15, 0.2) is 11.5 Å². The van der Waals surface area contributed by atoms with E-state index in [0.717, 1.165) is 16.8 Å². The molecule has 0 saturated heterocycles. The first-order chi connectivity index (χ1) is 14.1. The van der Waals surface area contributed by atoms with Crippen molar-refractivity contribution in [2.45, 2.75) is 6.92 Å². The summed E-state index contributed by atoms with van der Waals surface area (Å²) in [6, 6.07) is 18.9. The van der Waals surface area contributed by atoms with E-state index in [2.05, 4.69) is 5.32 Å². The van der Waals surface area contributed by atoms with Crippen LogP contribution in [0.2, 0.25) is 0 Å². The van der Waals surface area contributed by atoms with Gasteiger partial charge in [-0.25, -0.2) is 4.98 Å². The Morgan fingerprint density at radius 3 is 2.52 bits per heavy atom. The molecule has 0 saturated carbocycles. The topological polar surface area (TPSA) is 64.9 Å². The zero-order valence-corrected chi connectivity index (χ0v) is 16.5. The van der Waals surface area contributed by atoms with Crippen LogP contribution in [0.3, 0.4) is 0 Å². The summed E-state index contributed by atoms with van der Waals surface area (Å²) in [6.45, 7) is 2.01. The number of nitrogens with zero attached hydrogens (tertiary/aromatic N) is 2. The lowest BCUT2D eigenvalue weighted by Crippen LogP contribution is -2.15. The summed E-state index contributed by atoms with van der Waals surface area (Å²) in [7, 11) is 3.06. The van der Waals surface area contributed by atoms with Gasteiger partial charge >= 0.3 is 0 Å². The van der Waals surface area contributed by atoms with Crippen molar-refractivity contribution >= 4 is 17.4 Å². The van der Waals surface area contributed by atoms with E-state index in [9.17, 15) is 4.79 Å². The van der Waals surface area contributed by atoms with Gasteiger partial charge in [0.2, 0.25) is 0 Å². The molecule has 146 valence electrons. The second kappa shape index (κ2) is 7.67. The van der Waals surface area contributed by atoms with Gasteiger partial charge in [-0.15, -0.1) is 0 Å². The average Bonchev–Trinajstić information content (AvgIpc) is 3.10. The minimum atomic E-state index is -0.305. The van der Waals surface area contributed by atoms with E-state index in [1.807, 2.05) is 60.0 Å². The lowest BCUT2D eigenvalue weighted by molar-refractivity contribution is 0.102. The number of aromatic nitrogens is 2. The Balaban J connectivity index is 1.83. The molecule has 0 aliphatic carbocycles. The van der Waals surface area contributed by atoms with Gasteiger partial charge in [-0.3, -0.25) is 9.20 Å². The van der Waals surface area contributed by atoms with E-state index < -0.39 is 0 Å². The molecule has 6 heteroatoms. The summed E-state index contributed by atoms with van der Waals surface area (Å²) < 4.78 is 12.6. The van der Waals surface area contributed by atoms with E-state index >= 15 is 0 Å². The van der Waals surface area contributed by atoms with Crippen LogP contribution in [0.15, 0.2) is 66.9 Å². The van der Waals surface area contributed by atoms with Crippen LogP contribution < -0.4 is 14.8 Å². The van der Waals surface area contributed by atoms with Crippen LogP contribution in [0.1, 0.15) is 15.9 Å². The van der Waals surface area contributed by atoms with E-state index in [1.54, 1.807) is 25.3 Å². The number of carbonyl (C=O) groups excluding carboxylic acids is 1. The number of amides is 1. The predicted molar refractivity (Wildman–Crippen MR) is 113 cm³/mol. The van der Waals surface area contributed by atoms with Gasteiger partial charge in [0.1, 0.15) is 17.2 Å². The first-order valence-corrected chi connectivity index (χ1v) is 9.19. The number of hydrogen-bond donors (Lipinski definition) is 1. The second-order valence-electron chi connectivity index (χ2n) is 6.60. The van der Waals surface area contributed by atoms with Crippen molar-refractivity contribution < 1.29 is 14.3 Å². The fourth-order valence-corrected chi connectivity index (χ4v) is 3.30. The Labute approximate surface area is 168 Å². The number of anilines is 1. The summed E-state index contributed by atoms with van der Waals surface area (Å²) in [5.74, 6) is 1.18. The normalized spacial score (nSPS) is 10.7. The maximum Gasteiger partial charge on any atom is 0.260 e. The van der Waals surface area contributed by atoms with E-state index in [4.69, 9.17) is 14.5 Å². The van der Waals surface area contributed by atoms with Gasteiger partial charge in [-0.05, 0) is 36.8 Å². The Morgan fingerprint density at radius 1 is 1.00 bits per heavy atom. The summed E-state index contributed by atoms with van der Waals surface area (Å²) in [6.07, 6.45) is 1.91. The second-order valence-corrected chi connectivity index (χ2v) is 6.60. The van der Waals surface area contributed by atoms with Crippen LogP contribution in [0, 0.1) is 6.92 Å². The molecular formula is C23H21N3O3. The number of carbonyl (C=O) groups is 1. The van der Waals surface area contributed by atoms with Gasteiger partial charge in [0, 0.05) is 11.8 Å². The molecule has 6 nitrogen and oxygen atoms in total. The molecule has 1 N–H and O–H groups in total. The molecule has 0 bridgehead atoms. The molecule has 0 unspecified atom stereocenters. The van der Waals surface area contributed by atoms with Crippen molar-refractivity contribution in [1.29, 1.82) is 0 Å². The zero-order chi connectivity index (χ0) is 20.4. The van der Waals surface area contributed by atoms with Crippen LogP contribution in [-0.4, -0.2) is 29.5 Å². The Bertz CT molecular complexity index is 1180. The number of para-hydroxylation sites is 1. The third-order valence-electron chi connectivity index (χ3n) is 4.71. The number of rotatable bonds is 5. The first kappa shape index (κ1) is 18.6. The number of nitrogens with one attached hydrogen (secondary N) is 1. The summed E-state index contributed by atoms with van der Waals surface area (Å²) in [5.41, 5.74) is 3.85. The van der Waals surface area contributed by atoms with Crippen LogP contribution >= 0.6 is 0 Å². The number of methoxy groups -OCH3 is 2. The molecule has 0 radical (unpaired) electrons. The summed E-state index contributed by atoms with van der Waals surface area (Å²) in [5, 5.41) is 3.02. The van der Waals surface area contributed by atoms with Crippen molar-refractivity contribution in [3.8, 4) is 22.8 Å². The first-order valence-electron chi connectivity index (χ1n) is 9.19. The van der Waals surface area contributed by atoms with Crippen molar-refractivity contribution in [2.75, 3.05) is 19.5 Å². The molecule has 4 rings (SSSR count). The molecule has 0 atom stereocenters. The highest BCUT2D eigenvalue weighted by molar-refractivity contribution is 6.08. The fourth-order valence-electron chi connectivity index (χ4n) is 3.30. The van der Waals surface area contributed by atoms with Crippen molar-refractivity contribution in [2.24, 2.45) is 0 Å². The summed E-state index contributed by atoms with van der Waals surface area (Å²) >= 11 is 0. The molecule has 2 heterocycles. The van der Waals surface area contributed by atoms with Crippen LogP contribution in [-0.2, 0) is 0 Å². The molecule has 0 fully saturated rings. The molecule has 0 spiro atoms. The molecular weight excluding hydrogens is 366 g/mol. The fraction of sp³-hybridized carbons (Fsp3) is 0.130. The predicted octanol–water partition coefficient (Wildman–Crippen LogP) is 4.58. The number of hydrogen-bond acceptors (Lipinski definition) is 4. The summed E-state index contributed by atoms with van der Waals surface area (Å²) in [4.78, 5) is 17.9. The van der Waals surface area contributed by atoms with Crippen molar-refractivity contribution in [3.05, 3.63) is 78.0 Å². The maximum atomic E-state index is 13.2. The van der Waals surface area contributed by atoms with Gasteiger partial charge in [-0.1, -0.05) is 36.4 Å². The zero-order valence-electron chi connectivity index (χ0n) is 16.5. The standard InChI is InChI=1S/C23H21N3O3/c1-15-12-13-26-19(14-15)24-20(16-8-5-4-6-9-16)22(26)25-23(27)17-10-7-11-18(28-2)21(17)29-3/h4-14H,1-3H3,(H,25,27). The molecule has 4 aromatic rings. The third-order valence-corrected chi connectivity index (χ3v) is 4.71. The highest BCUT2D eigenvalue weighted by atomic mass is 16.5. The maximum absolute atomic E-state index is 13.2. The van der Waals surface area contributed by atoms with Crippen LogP contribution in [0.25, 0.3) is 16.9 Å². The number of fused-ring (bicyclic) bond motifs is 1. The lowest BCUT2D eigenvalue weighted by atomic mass is 10.1. The third kappa shape index (κ3) is 3.40. The van der Waals surface area contributed by atoms with Gasteiger partial charge in [-0.2, -0.15) is 0 Å². The SMILES string of the molecule is COc1cccc(C(=O)Nc2c(-c3ccccc3)nc3cc(C)ccn23)c1OC. The van der Waals surface area contributed by atoms with Gasteiger partial charge < -0.3 is 14.8 Å². The van der Waals surface area contributed by atoms with Crippen LogP contribution in [0.4, 0.5) is 5.82 Å².